The maximum atomic E-state index is 11.6. The van der Waals surface area contributed by atoms with Gasteiger partial charge < -0.3 is 10.1 Å². The van der Waals surface area contributed by atoms with Crippen LogP contribution in [0.1, 0.15) is 32.3 Å². The number of rotatable bonds is 2. The summed E-state index contributed by atoms with van der Waals surface area (Å²) in [5, 5.41) is 4.04. The van der Waals surface area contributed by atoms with Crippen molar-refractivity contribution in [1.82, 2.24) is 4.90 Å². The summed E-state index contributed by atoms with van der Waals surface area (Å²) in [5.74, 6) is 0.711. The van der Waals surface area contributed by atoms with Gasteiger partial charge in [0.1, 0.15) is 0 Å². The number of nitrogens with zero attached hydrogens (tertiary/aromatic N) is 1. The molecule has 1 aromatic rings. The number of ether oxygens (including phenoxy) is 1. The van der Waals surface area contributed by atoms with Gasteiger partial charge in [-0.3, -0.25) is 9.69 Å². The lowest BCUT2D eigenvalue weighted by atomic mass is 9.57. The molecule has 6 atom stereocenters. The molecule has 2 bridgehead atoms. The van der Waals surface area contributed by atoms with Crippen molar-refractivity contribution in [3.8, 4) is 0 Å². The molecule has 0 unspecified atom stereocenters. The zero-order valence-corrected chi connectivity index (χ0v) is 15.5. The topological polar surface area (TPSA) is 41.6 Å². The molecule has 26 heavy (non-hydrogen) atoms. The van der Waals surface area contributed by atoms with Crippen LogP contribution in [0.4, 0.5) is 5.69 Å². The van der Waals surface area contributed by atoms with Gasteiger partial charge >= 0.3 is 5.97 Å². The van der Waals surface area contributed by atoms with Crippen LogP contribution in [0.15, 0.2) is 36.4 Å². The first-order valence-electron chi connectivity index (χ1n) is 9.99. The molecule has 1 N–H and O–H groups in total. The number of hydrogen-bond donors (Lipinski definition) is 1. The van der Waals surface area contributed by atoms with E-state index in [1.165, 1.54) is 31.1 Å². The Morgan fingerprint density at radius 3 is 3.08 bits per heavy atom. The van der Waals surface area contributed by atoms with Gasteiger partial charge in [0, 0.05) is 41.9 Å². The Balaban J connectivity index is 1.60. The van der Waals surface area contributed by atoms with Gasteiger partial charge in [-0.05, 0) is 36.9 Å². The minimum Gasteiger partial charge on any atom is -0.465 e. The van der Waals surface area contributed by atoms with Crippen molar-refractivity contribution >= 4 is 11.7 Å². The van der Waals surface area contributed by atoms with Crippen molar-refractivity contribution in [2.45, 2.75) is 43.7 Å². The molecule has 4 heteroatoms. The van der Waals surface area contributed by atoms with Crippen molar-refractivity contribution in [1.29, 1.82) is 0 Å². The summed E-state index contributed by atoms with van der Waals surface area (Å²) in [4.78, 5) is 14.3. The number of benzene rings is 1. The Labute approximate surface area is 154 Å². The second kappa shape index (κ2) is 4.53. The first kappa shape index (κ1) is 15.3. The minimum absolute atomic E-state index is 0.0137. The Hall–Kier alpha value is -1.81. The molecular formula is C22H26N2O2. The molecule has 1 aromatic carbocycles. The van der Waals surface area contributed by atoms with Gasteiger partial charge in [0.2, 0.25) is 0 Å². The molecule has 3 spiro atoms. The summed E-state index contributed by atoms with van der Waals surface area (Å²) in [7, 11) is 0. The highest BCUT2D eigenvalue weighted by molar-refractivity contribution is 5.71. The third-order valence-electron chi connectivity index (χ3n) is 8.61. The first-order chi connectivity index (χ1) is 12.6. The lowest BCUT2D eigenvalue weighted by molar-refractivity contribution is -0.143. The van der Waals surface area contributed by atoms with Crippen LogP contribution in [0.2, 0.25) is 0 Å². The van der Waals surface area contributed by atoms with Gasteiger partial charge in [0.15, 0.2) is 0 Å². The van der Waals surface area contributed by atoms with Crippen molar-refractivity contribution < 1.29 is 9.53 Å². The predicted molar refractivity (Wildman–Crippen MR) is 99.9 cm³/mol. The largest absolute Gasteiger partial charge is 0.465 e. The molecule has 2 saturated carbocycles. The van der Waals surface area contributed by atoms with E-state index in [1.807, 2.05) is 0 Å². The third-order valence-corrected chi connectivity index (χ3v) is 8.61. The standard InChI is InChI=1S/C22H26N2O2/c1-14-20-8-5-10-24-11-9-21(19(20)24)17-6-3-4-7-18(17)23-22(14,21)16(12-20)13-26-15(2)25/h3-8,14,16,19,23H,9-13H2,1-2H3/t14-,16+,19+,20+,21-,22+/m1/s1. The van der Waals surface area contributed by atoms with E-state index in [2.05, 4.69) is 53.6 Å². The Morgan fingerprint density at radius 1 is 1.38 bits per heavy atom. The van der Waals surface area contributed by atoms with Gasteiger partial charge in [-0.15, -0.1) is 0 Å². The van der Waals surface area contributed by atoms with Crippen LogP contribution in [-0.4, -0.2) is 42.1 Å². The Kier molecular flexibility index (Phi) is 2.66. The van der Waals surface area contributed by atoms with Crippen LogP contribution in [-0.2, 0) is 14.9 Å². The minimum atomic E-state index is -0.164. The number of nitrogens with one attached hydrogen (secondary N) is 1. The summed E-state index contributed by atoms with van der Waals surface area (Å²) < 4.78 is 5.59. The molecule has 2 aliphatic carbocycles. The number of fused-ring (bicyclic) bond motifs is 1. The summed E-state index contributed by atoms with van der Waals surface area (Å²) in [6, 6.07) is 9.50. The van der Waals surface area contributed by atoms with Crippen LogP contribution in [0.5, 0.6) is 0 Å². The van der Waals surface area contributed by atoms with E-state index in [-0.39, 0.29) is 22.3 Å². The van der Waals surface area contributed by atoms with Gasteiger partial charge in [-0.2, -0.15) is 0 Å². The number of esters is 1. The average Bonchev–Trinajstić information content (AvgIpc) is 3.29. The van der Waals surface area contributed by atoms with E-state index in [1.54, 1.807) is 0 Å². The van der Waals surface area contributed by atoms with Crippen molar-refractivity contribution in [3.05, 3.63) is 42.0 Å². The SMILES string of the molecule is CC(=O)OC[C@@H]1C[C@@]23C=CCN4CC[C@@]5(c6ccccc6N[C@@]15[C@@H]2C)[C@@H]43. The maximum absolute atomic E-state index is 11.6. The van der Waals surface area contributed by atoms with Crippen molar-refractivity contribution in [2.24, 2.45) is 17.3 Å². The third kappa shape index (κ3) is 1.34. The molecule has 0 radical (unpaired) electrons. The lowest BCUT2D eigenvalue weighted by Gasteiger charge is -2.51. The molecule has 3 aliphatic heterocycles. The highest BCUT2D eigenvalue weighted by atomic mass is 16.5. The predicted octanol–water partition coefficient (Wildman–Crippen LogP) is 2.95. The van der Waals surface area contributed by atoms with Crippen LogP contribution >= 0.6 is 0 Å². The zero-order chi connectivity index (χ0) is 17.7. The molecule has 3 fully saturated rings. The smallest absolute Gasteiger partial charge is 0.302 e. The summed E-state index contributed by atoms with van der Waals surface area (Å²) in [6.45, 7) is 6.75. The zero-order valence-electron chi connectivity index (χ0n) is 15.5. The first-order valence-corrected chi connectivity index (χ1v) is 9.99. The van der Waals surface area contributed by atoms with Crippen LogP contribution in [0.25, 0.3) is 0 Å². The monoisotopic (exact) mass is 350 g/mol. The second-order valence-electron chi connectivity index (χ2n) is 9.10. The van der Waals surface area contributed by atoms with E-state index >= 15 is 0 Å². The quantitative estimate of drug-likeness (QED) is 0.658. The molecule has 6 rings (SSSR count). The van der Waals surface area contributed by atoms with Crippen molar-refractivity contribution in [3.63, 3.8) is 0 Å². The number of carbonyl (C=O) groups is 1. The molecule has 136 valence electrons. The fourth-order valence-corrected chi connectivity index (χ4v) is 8.12. The van der Waals surface area contributed by atoms with Crippen LogP contribution in [0, 0.1) is 17.3 Å². The van der Waals surface area contributed by atoms with E-state index in [0.29, 0.717) is 24.5 Å². The number of carbonyl (C=O) groups excluding carboxylic acids is 1. The highest BCUT2D eigenvalue weighted by Gasteiger charge is 2.84. The summed E-state index contributed by atoms with van der Waals surface area (Å²) in [5.41, 5.74) is 3.13. The highest BCUT2D eigenvalue weighted by Crippen LogP contribution is 2.78. The lowest BCUT2D eigenvalue weighted by Crippen LogP contribution is -2.62. The van der Waals surface area contributed by atoms with E-state index in [0.717, 1.165) is 13.0 Å². The van der Waals surface area contributed by atoms with E-state index in [9.17, 15) is 4.79 Å². The van der Waals surface area contributed by atoms with Gasteiger partial charge in [0.05, 0.1) is 12.1 Å². The number of anilines is 1. The molecule has 1 saturated heterocycles. The van der Waals surface area contributed by atoms with Gasteiger partial charge in [-0.1, -0.05) is 37.3 Å². The summed E-state index contributed by atoms with van der Waals surface area (Å²) >= 11 is 0. The summed E-state index contributed by atoms with van der Waals surface area (Å²) in [6.07, 6.45) is 7.23. The van der Waals surface area contributed by atoms with E-state index in [4.69, 9.17) is 4.74 Å². The normalized spacial score (nSPS) is 46.6. The number of hydrogen-bond acceptors (Lipinski definition) is 4. The Bertz CT molecular complexity index is 850. The van der Waals surface area contributed by atoms with Crippen LogP contribution in [0.3, 0.4) is 0 Å². The number of para-hydroxylation sites is 1. The molecule has 0 amide bonds. The molecule has 3 heterocycles. The second-order valence-corrected chi connectivity index (χ2v) is 9.10. The van der Waals surface area contributed by atoms with Crippen LogP contribution < -0.4 is 5.32 Å². The molecule has 0 aromatic heterocycles. The van der Waals surface area contributed by atoms with Gasteiger partial charge in [0.25, 0.3) is 0 Å². The molecule has 4 nitrogen and oxygen atoms in total. The average molecular weight is 350 g/mol. The fraction of sp³-hybridized carbons (Fsp3) is 0.591. The fourth-order valence-electron chi connectivity index (χ4n) is 8.12. The van der Waals surface area contributed by atoms with Gasteiger partial charge in [-0.25, -0.2) is 0 Å². The molecule has 5 aliphatic rings. The maximum Gasteiger partial charge on any atom is 0.302 e. The molecular weight excluding hydrogens is 324 g/mol. The van der Waals surface area contributed by atoms with E-state index < -0.39 is 0 Å². The van der Waals surface area contributed by atoms with Crippen molar-refractivity contribution in [2.75, 3.05) is 25.0 Å². The Morgan fingerprint density at radius 2 is 2.23 bits per heavy atom.